The van der Waals surface area contributed by atoms with E-state index in [0.29, 0.717) is 0 Å². The van der Waals surface area contributed by atoms with Crippen LogP contribution in [0.1, 0.15) is 6.92 Å². The molecule has 13 heteroatoms. The quantitative estimate of drug-likeness (QED) is 0.191. The van der Waals surface area contributed by atoms with Crippen molar-refractivity contribution in [3.05, 3.63) is 0 Å². The molecule has 8 N–H and O–H groups in total. The van der Waals surface area contributed by atoms with Crippen LogP contribution in [0.2, 0.25) is 0 Å². The lowest BCUT2D eigenvalue weighted by molar-refractivity contribution is -0.376. The highest BCUT2D eigenvalue weighted by Gasteiger charge is 2.51. The predicted octanol–water partition coefficient (Wildman–Crippen LogP) is -5.47. The monoisotopic (exact) mass is 414 g/mol. The van der Waals surface area contributed by atoms with Gasteiger partial charge in [0.1, 0.15) is 48.8 Å². The summed E-state index contributed by atoms with van der Waals surface area (Å²) in [6.07, 6.45) is -18.0. The second-order valence-electron chi connectivity index (χ2n) is 6.62. The van der Waals surface area contributed by atoms with E-state index in [-0.39, 0.29) is 0 Å². The van der Waals surface area contributed by atoms with Gasteiger partial charge in [-0.25, -0.2) is 4.79 Å². The Morgan fingerprint density at radius 1 is 0.857 bits per heavy atom. The third-order valence-electron chi connectivity index (χ3n) is 4.53. The Balaban J connectivity index is 2.15. The SMILES string of the molecule is CC(O)C(=O)O[C@@H]1[C@@H](O)[C@@H](O[C@H]2O[C@H](CO)[C@@H](O)[C@H](O)[C@H]2O)O[C@H](CO)[C@H]1O. The second-order valence-corrected chi connectivity index (χ2v) is 6.62. The highest BCUT2D eigenvalue weighted by Crippen LogP contribution is 2.29. The third kappa shape index (κ3) is 4.77. The number of hydrogen-bond acceptors (Lipinski definition) is 13. The summed E-state index contributed by atoms with van der Waals surface area (Å²) < 4.78 is 20.4. The average molecular weight is 414 g/mol. The van der Waals surface area contributed by atoms with E-state index in [2.05, 4.69) is 0 Å². The van der Waals surface area contributed by atoms with Crippen LogP contribution in [-0.2, 0) is 23.7 Å². The lowest BCUT2D eigenvalue weighted by atomic mass is 9.98. The first-order valence-electron chi connectivity index (χ1n) is 8.59. The molecule has 164 valence electrons. The van der Waals surface area contributed by atoms with Crippen molar-refractivity contribution in [3.63, 3.8) is 0 Å². The van der Waals surface area contributed by atoms with Gasteiger partial charge >= 0.3 is 5.97 Å². The van der Waals surface area contributed by atoms with Gasteiger partial charge in [0.2, 0.25) is 0 Å². The molecule has 2 aliphatic heterocycles. The molecule has 2 saturated heterocycles. The highest BCUT2D eigenvalue weighted by molar-refractivity contribution is 5.74. The van der Waals surface area contributed by atoms with E-state index in [0.717, 1.165) is 6.92 Å². The molecule has 2 heterocycles. The van der Waals surface area contributed by atoms with E-state index < -0.39 is 86.7 Å². The molecular weight excluding hydrogens is 388 g/mol. The van der Waals surface area contributed by atoms with E-state index in [9.17, 15) is 45.6 Å². The van der Waals surface area contributed by atoms with Gasteiger partial charge in [-0.2, -0.15) is 0 Å². The van der Waals surface area contributed by atoms with Crippen LogP contribution in [0, 0.1) is 0 Å². The van der Waals surface area contributed by atoms with Crippen LogP contribution in [0.4, 0.5) is 0 Å². The number of aliphatic hydroxyl groups excluding tert-OH is 8. The van der Waals surface area contributed by atoms with Crippen LogP contribution in [0.5, 0.6) is 0 Å². The van der Waals surface area contributed by atoms with Crippen LogP contribution in [0.3, 0.4) is 0 Å². The van der Waals surface area contributed by atoms with Gasteiger partial charge in [0, 0.05) is 0 Å². The summed E-state index contributed by atoms with van der Waals surface area (Å²) in [4.78, 5) is 11.6. The molecule has 0 aromatic carbocycles. The molecule has 2 fully saturated rings. The van der Waals surface area contributed by atoms with Crippen LogP contribution in [0.15, 0.2) is 0 Å². The van der Waals surface area contributed by atoms with Gasteiger partial charge in [-0.05, 0) is 6.92 Å². The normalized spacial score (nSPS) is 45.5. The molecule has 0 radical (unpaired) electrons. The maximum atomic E-state index is 11.6. The molecule has 0 aromatic rings. The van der Waals surface area contributed by atoms with Gasteiger partial charge in [0.05, 0.1) is 13.2 Å². The van der Waals surface area contributed by atoms with Crippen LogP contribution in [-0.4, -0.2) is 128 Å². The number of carbonyl (C=O) groups excluding carboxylic acids is 1. The minimum Gasteiger partial charge on any atom is -0.455 e. The van der Waals surface area contributed by atoms with Gasteiger partial charge in [-0.1, -0.05) is 0 Å². The Kier molecular flexibility index (Phi) is 8.06. The van der Waals surface area contributed by atoms with Gasteiger partial charge in [0.15, 0.2) is 18.7 Å². The van der Waals surface area contributed by atoms with E-state index >= 15 is 0 Å². The smallest absolute Gasteiger partial charge is 0.335 e. The van der Waals surface area contributed by atoms with Crippen molar-refractivity contribution in [2.24, 2.45) is 0 Å². The summed E-state index contributed by atoms with van der Waals surface area (Å²) in [5.74, 6) is -1.16. The minimum absolute atomic E-state index is 0.717. The van der Waals surface area contributed by atoms with Gasteiger partial charge in [0.25, 0.3) is 0 Å². The van der Waals surface area contributed by atoms with Crippen molar-refractivity contribution < 1.29 is 64.6 Å². The minimum atomic E-state index is -1.84. The maximum Gasteiger partial charge on any atom is 0.335 e. The van der Waals surface area contributed by atoms with Gasteiger partial charge in [-0.15, -0.1) is 0 Å². The first-order valence-corrected chi connectivity index (χ1v) is 8.59. The topological polar surface area (TPSA) is 216 Å². The molecule has 2 rings (SSSR count). The number of aliphatic hydroxyl groups is 8. The van der Waals surface area contributed by atoms with Crippen molar-refractivity contribution in [2.45, 2.75) is 74.4 Å². The second kappa shape index (κ2) is 9.69. The van der Waals surface area contributed by atoms with Crippen molar-refractivity contribution in [1.82, 2.24) is 0 Å². The summed E-state index contributed by atoms with van der Waals surface area (Å²) in [6, 6.07) is 0. The largest absolute Gasteiger partial charge is 0.455 e. The fourth-order valence-corrected chi connectivity index (χ4v) is 2.85. The molecule has 0 amide bonds. The lowest BCUT2D eigenvalue weighted by Crippen LogP contribution is -2.64. The van der Waals surface area contributed by atoms with Crippen molar-refractivity contribution >= 4 is 5.97 Å². The Morgan fingerprint density at radius 2 is 1.36 bits per heavy atom. The number of esters is 1. The zero-order chi connectivity index (χ0) is 21.2. The van der Waals surface area contributed by atoms with Crippen molar-refractivity contribution in [1.29, 1.82) is 0 Å². The van der Waals surface area contributed by atoms with E-state index in [1.807, 2.05) is 0 Å². The van der Waals surface area contributed by atoms with E-state index in [1.165, 1.54) is 0 Å². The van der Waals surface area contributed by atoms with Crippen LogP contribution in [0.25, 0.3) is 0 Å². The first kappa shape index (κ1) is 23.3. The average Bonchev–Trinajstić information content (AvgIpc) is 2.67. The standard InChI is InChI=1S/C15H26O13/c1-4(18)13(24)27-12-8(20)6(3-17)26-15(11(12)23)28-14-10(22)9(21)7(19)5(2-16)25-14/h4-12,14-23H,2-3H2,1H3/t4?,5-,6-,7-,8-,9+,10-,11-,12+,14-,15-/m1/s1. The Labute approximate surface area is 159 Å². The zero-order valence-corrected chi connectivity index (χ0v) is 14.9. The zero-order valence-electron chi connectivity index (χ0n) is 14.9. The van der Waals surface area contributed by atoms with Crippen LogP contribution < -0.4 is 0 Å². The summed E-state index contributed by atoms with van der Waals surface area (Å²) >= 11 is 0. The summed E-state index contributed by atoms with van der Waals surface area (Å²) in [5.41, 5.74) is 0. The summed E-state index contributed by atoms with van der Waals surface area (Å²) in [6.45, 7) is -0.372. The van der Waals surface area contributed by atoms with E-state index in [1.54, 1.807) is 0 Å². The third-order valence-corrected chi connectivity index (χ3v) is 4.53. The Morgan fingerprint density at radius 3 is 1.86 bits per heavy atom. The predicted molar refractivity (Wildman–Crippen MR) is 84.2 cm³/mol. The van der Waals surface area contributed by atoms with Crippen LogP contribution >= 0.6 is 0 Å². The van der Waals surface area contributed by atoms with Gasteiger partial charge < -0.3 is 59.8 Å². The first-order chi connectivity index (χ1) is 13.1. The molecule has 11 atom stereocenters. The Hall–Kier alpha value is -0.970. The molecule has 1 unspecified atom stereocenters. The van der Waals surface area contributed by atoms with Crippen molar-refractivity contribution in [3.8, 4) is 0 Å². The number of ether oxygens (including phenoxy) is 4. The molecule has 0 aromatic heterocycles. The molecule has 0 spiro atoms. The Bertz CT molecular complexity index is 514. The fourth-order valence-electron chi connectivity index (χ4n) is 2.85. The highest BCUT2D eigenvalue weighted by atomic mass is 16.8. The molecule has 0 bridgehead atoms. The number of hydrogen-bond donors (Lipinski definition) is 8. The number of carbonyl (C=O) groups is 1. The molecular formula is C15H26O13. The van der Waals surface area contributed by atoms with Crippen molar-refractivity contribution in [2.75, 3.05) is 13.2 Å². The maximum absolute atomic E-state index is 11.6. The number of rotatable bonds is 6. The summed E-state index contributed by atoms with van der Waals surface area (Å²) in [5, 5.41) is 77.8. The molecule has 13 nitrogen and oxygen atoms in total. The molecule has 0 saturated carbocycles. The lowest BCUT2D eigenvalue weighted by Gasteiger charge is -2.45. The summed E-state index contributed by atoms with van der Waals surface area (Å²) in [7, 11) is 0. The molecule has 2 aliphatic rings. The van der Waals surface area contributed by atoms with Gasteiger partial charge in [-0.3, -0.25) is 0 Å². The van der Waals surface area contributed by atoms with E-state index in [4.69, 9.17) is 18.9 Å². The molecule has 28 heavy (non-hydrogen) atoms. The molecule has 0 aliphatic carbocycles. The fraction of sp³-hybridized carbons (Fsp3) is 0.933.